The van der Waals surface area contributed by atoms with E-state index in [0.717, 1.165) is 12.8 Å². The minimum Gasteiger partial charge on any atom is -0.349 e. The molecule has 2 aromatic carbocycles. The Bertz CT molecular complexity index is 1160. The second-order valence-corrected chi connectivity index (χ2v) is 11.3. The second-order valence-electron chi connectivity index (χ2n) is 9.39. The third kappa shape index (κ3) is 4.93. The van der Waals surface area contributed by atoms with E-state index in [1.807, 2.05) is 26.0 Å². The van der Waals surface area contributed by atoms with E-state index < -0.39 is 10.0 Å². The predicted molar refractivity (Wildman–Crippen MR) is 131 cm³/mol. The first-order valence-corrected chi connectivity index (χ1v) is 13.0. The van der Waals surface area contributed by atoms with Crippen molar-refractivity contribution < 1.29 is 18.0 Å². The van der Waals surface area contributed by atoms with Crippen LogP contribution >= 0.6 is 0 Å². The van der Waals surface area contributed by atoms with Crippen LogP contribution in [0.2, 0.25) is 0 Å². The summed E-state index contributed by atoms with van der Waals surface area (Å²) in [6.45, 7) is 7.95. The molecule has 34 heavy (non-hydrogen) atoms. The lowest BCUT2D eigenvalue weighted by molar-refractivity contribution is -0.118. The molecule has 1 heterocycles. The molecule has 1 saturated heterocycles. The number of carbonyl (C=O) groups is 2. The molecule has 1 aliphatic carbocycles. The van der Waals surface area contributed by atoms with Crippen molar-refractivity contribution in [2.45, 2.75) is 43.7 Å². The number of nitrogens with zero attached hydrogens (tertiary/aromatic N) is 1. The number of rotatable bonds is 6. The molecule has 2 aromatic rings. The molecule has 2 aliphatic rings. The van der Waals surface area contributed by atoms with E-state index in [1.165, 1.54) is 33.6 Å². The molecule has 2 N–H and O–H groups in total. The third-order valence-corrected chi connectivity index (χ3v) is 8.69. The number of carbonyl (C=O) groups excluding carboxylic acids is 2. The highest BCUT2D eigenvalue weighted by atomic mass is 32.2. The maximum Gasteiger partial charge on any atom is 0.251 e. The lowest BCUT2D eigenvalue weighted by Gasteiger charge is -2.40. The number of hydrogen-bond donors (Lipinski definition) is 2. The molecule has 0 spiro atoms. The lowest BCUT2D eigenvalue weighted by Crippen LogP contribution is -2.55. The molecule has 7 nitrogen and oxygen atoms in total. The van der Waals surface area contributed by atoms with Crippen molar-refractivity contribution in [1.82, 2.24) is 14.9 Å². The van der Waals surface area contributed by atoms with E-state index in [4.69, 9.17) is 0 Å². The van der Waals surface area contributed by atoms with E-state index in [0.29, 0.717) is 18.7 Å². The molecule has 180 valence electrons. The van der Waals surface area contributed by atoms with Crippen molar-refractivity contribution in [1.29, 1.82) is 0 Å². The molecule has 2 amide bonds. The predicted octanol–water partition coefficient (Wildman–Crippen LogP) is 2.53. The zero-order valence-electron chi connectivity index (χ0n) is 19.5. The molecule has 0 saturated carbocycles. The molecule has 2 unspecified atom stereocenters. The maximum absolute atomic E-state index is 13.3. The summed E-state index contributed by atoms with van der Waals surface area (Å²) in [5, 5.41) is 5.97. The van der Waals surface area contributed by atoms with Gasteiger partial charge in [0.1, 0.15) is 0 Å². The number of hydrogen-bond acceptors (Lipinski definition) is 4. The molecule has 2 atom stereocenters. The summed E-state index contributed by atoms with van der Waals surface area (Å²) in [5.74, 6) is -0.566. The van der Waals surface area contributed by atoms with Crippen LogP contribution in [0.25, 0.3) is 0 Å². The summed E-state index contributed by atoms with van der Waals surface area (Å²) in [6.07, 6.45) is 2.83. The zero-order chi connectivity index (χ0) is 24.5. The number of sulfonamides is 1. The van der Waals surface area contributed by atoms with Crippen molar-refractivity contribution in [3.8, 4) is 0 Å². The van der Waals surface area contributed by atoms with E-state index in [1.54, 1.807) is 12.1 Å². The molecule has 8 heteroatoms. The van der Waals surface area contributed by atoms with Gasteiger partial charge in [-0.25, -0.2) is 8.42 Å². The number of fused-ring (bicyclic) bond motifs is 1. The standard InChI is InChI=1S/C26H31N3O4S/c1-4-24(30)28-25-17(2)15-29(16-18(25)3)34(32,33)23-11-9-19(10-12-23)26(31)27-22-13-20-7-5-6-8-21(20)14-22/h4-12,17-18,22,25H,1,13-16H2,2-3H3,(H,27,31)(H,28,30). The van der Waals surface area contributed by atoms with Gasteiger partial charge in [-0.3, -0.25) is 9.59 Å². The van der Waals surface area contributed by atoms with Crippen molar-refractivity contribution in [3.05, 3.63) is 77.9 Å². The molecule has 1 fully saturated rings. The molecule has 0 aromatic heterocycles. The zero-order valence-corrected chi connectivity index (χ0v) is 20.3. The van der Waals surface area contributed by atoms with E-state index in [-0.39, 0.29) is 40.6 Å². The Balaban J connectivity index is 1.40. The summed E-state index contributed by atoms with van der Waals surface area (Å²) in [7, 11) is -3.72. The van der Waals surface area contributed by atoms with Crippen LogP contribution in [0.1, 0.15) is 35.3 Å². The largest absolute Gasteiger partial charge is 0.349 e. The number of piperidine rings is 1. The smallest absolute Gasteiger partial charge is 0.251 e. The van der Waals surface area contributed by atoms with E-state index >= 15 is 0 Å². The lowest BCUT2D eigenvalue weighted by atomic mass is 9.87. The summed E-state index contributed by atoms with van der Waals surface area (Å²) in [6, 6.07) is 14.2. The van der Waals surface area contributed by atoms with Crippen LogP contribution in [0.5, 0.6) is 0 Å². The van der Waals surface area contributed by atoms with E-state index in [2.05, 4.69) is 29.3 Å². The summed E-state index contributed by atoms with van der Waals surface area (Å²) in [4.78, 5) is 24.6. The maximum atomic E-state index is 13.3. The van der Waals surface area contributed by atoms with Crippen LogP contribution in [-0.4, -0.2) is 49.7 Å². The van der Waals surface area contributed by atoms with Crippen LogP contribution in [-0.2, 0) is 27.7 Å². The Hall–Kier alpha value is -2.97. The van der Waals surface area contributed by atoms with Gasteiger partial charge >= 0.3 is 0 Å². The third-order valence-electron chi connectivity index (χ3n) is 6.84. The fourth-order valence-electron chi connectivity index (χ4n) is 5.07. The first-order chi connectivity index (χ1) is 16.2. The van der Waals surface area contributed by atoms with Gasteiger partial charge in [0, 0.05) is 30.7 Å². The van der Waals surface area contributed by atoms with Crippen LogP contribution < -0.4 is 10.6 Å². The highest BCUT2D eigenvalue weighted by Crippen LogP contribution is 2.28. The van der Waals surface area contributed by atoms with Gasteiger partial charge in [0.25, 0.3) is 5.91 Å². The van der Waals surface area contributed by atoms with Gasteiger partial charge in [0.15, 0.2) is 0 Å². The Morgan fingerprint density at radius 2 is 1.50 bits per heavy atom. The normalized spacial score (nSPS) is 23.2. The summed E-state index contributed by atoms with van der Waals surface area (Å²) >= 11 is 0. The van der Waals surface area contributed by atoms with Gasteiger partial charge in [-0.1, -0.05) is 44.7 Å². The summed E-state index contributed by atoms with van der Waals surface area (Å²) < 4.78 is 28.0. The summed E-state index contributed by atoms with van der Waals surface area (Å²) in [5.41, 5.74) is 2.94. The number of nitrogens with one attached hydrogen (secondary N) is 2. The average molecular weight is 482 g/mol. The van der Waals surface area contributed by atoms with Gasteiger partial charge < -0.3 is 10.6 Å². The fraction of sp³-hybridized carbons (Fsp3) is 0.385. The van der Waals surface area contributed by atoms with Crippen molar-refractivity contribution in [2.24, 2.45) is 11.8 Å². The SMILES string of the molecule is C=CC(=O)NC1C(C)CN(S(=O)(=O)c2ccc(C(=O)NC3Cc4ccccc4C3)cc2)CC1C. The minimum atomic E-state index is -3.72. The van der Waals surface area contributed by atoms with Crippen LogP contribution in [0.15, 0.2) is 66.1 Å². The Labute approximate surface area is 201 Å². The quantitative estimate of drug-likeness (QED) is 0.620. The highest BCUT2D eigenvalue weighted by molar-refractivity contribution is 7.89. The fourth-order valence-corrected chi connectivity index (χ4v) is 6.71. The van der Waals surface area contributed by atoms with Gasteiger partial charge in [-0.05, 0) is 66.1 Å². The Morgan fingerprint density at radius 3 is 2.03 bits per heavy atom. The Morgan fingerprint density at radius 1 is 0.941 bits per heavy atom. The average Bonchev–Trinajstić information content (AvgIpc) is 3.23. The van der Waals surface area contributed by atoms with Gasteiger partial charge in [-0.2, -0.15) is 4.31 Å². The van der Waals surface area contributed by atoms with E-state index in [9.17, 15) is 18.0 Å². The van der Waals surface area contributed by atoms with Crippen molar-refractivity contribution in [2.75, 3.05) is 13.1 Å². The second kappa shape index (κ2) is 9.72. The monoisotopic (exact) mass is 481 g/mol. The number of benzene rings is 2. The first kappa shape index (κ1) is 24.2. The molecular formula is C26H31N3O4S. The van der Waals surface area contributed by atoms with Crippen LogP contribution in [0.3, 0.4) is 0 Å². The van der Waals surface area contributed by atoms with Gasteiger partial charge in [-0.15, -0.1) is 0 Å². The minimum absolute atomic E-state index is 0.0409. The van der Waals surface area contributed by atoms with Crippen LogP contribution in [0.4, 0.5) is 0 Å². The molecule has 0 radical (unpaired) electrons. The highest BCUT2D eigenvalue weighted by Gasteiger charge is 2.38. The molecule has 4 rings (SSSR count). The molecule has 0 bridgehead atoms. The topological polar surface area (TPSA) is 95.6 Å². The number of amides is 2. The van der Waals surface area contributed by atoms with Gasteiger partial charge in [0.2, 0.25) is 15.9 Å². The van der Waals surface area contributed by atoms with Crippen molar-refractivity contribution >= 4 is 21.8 Å². The van der Waals surface area contributed by atoms with Gasteiger partial charge in [0.05, 0.1) is 4.90 Å². The molecular weight excluding hydrogens is 450 g/mol. The van der Waals surface area contributed by atoms with Crippen molar-refractivity contribution in [3.63, 3.8) is 0 Å². The first-order valence-electron chi connectivity index (χ1n) is 11.6. The molecule has 1 aliphatic heterocycles. The van der Waals surface area contributed by atoms with Crippen LogP contribution in [0, 0.1) is 11.8 Å². The Kier molecular flexibility index (Phi) is 6.91.